The fraction of sp³-hybridized carbons (Fsp3) is 0.833. The smallest absolute Gasteiger partial charge is 0.408 e. The Morgan fingerprint density at radius 1 is 1.04 bits per heavy atom. The molecule has 0 aliphatic heterocycles. The number of carbonyl (C=O) groups is 3. The fourth-order valence-corrected chi connectivity index (χ4v) is 2.21. The first-order valence-electron chi connectivity index (χ1n) is 8.69. The van der Waals surface area contributed by atoms with Gasteiger partial charge in [0.2, 0.25) is 5.91 Å². The molecule has 0 aromatic heterocycles. The van der Waals surface area contributed by atoms with Gasteiger partial charge in [-0.05, 0) is 38.5 Å². The molecule has 146 valence electrons. The summed E-state index contributed by atoms with van der Waals surface area (Å²) >= 11 is 0. The Balaban J connectivity index is 5.16. The van der Waals surface area contributed by atoms with Crippen molar-refractivity contribution in [1.29, 1.82) is 0 Å². The first-order valence-corrected chi connectivity index (χ1v) is 8.69. The van der Waals surface area contributed by atoms with Crippen LogP contribution in [0.5, 0.6) is 0 Å². The Morgan fingerprint density at radius 2 is 1.56 bits per heavy atom. The molecule has 0 aliphatic carbocycles. The van der Waals surface area contributed by atoms with Crippen molar-refractivity contribution < 1.29 is 24.2 Å². The van der Waals surface area contributed by atoms with Crippen LogP contribution in [0.3, 0.4) is 0 Å². The Hall–Kier alpha value is -1.79. The summed E-state index contributed by atoms with van der Waals surface area (Å²) < 4.78 is 5.20. The topological polar surface area (TPSA) is 105 Å². The number of carboxylic acid groups (broad SMARTS) is 1. The monoisotopic (exact) mass is 358 g/mol. The zero-order valence-electron chi connectivity index (χ0n) is 16.7. The van der Waals surface area contributed by atoms with Gasteiger partial charge in [-0.3, -0.25) is 4.79 Å². The second kappa shape index (κ2) is 9.06. The Labute approximate surface area is 150 Å². The number of ether oxygens (including phenoxy) is 1. The maximum absolute atomic E-state index is 12.6. The van der Waals surface area contributed by atoms with Crippen LogP contribution in [0.15, 0.2) is 0 Å². The molecule has 0 fully saturated rings. The molecule has 0 saturated heterocycles. The molecule has 1 unspecified atom stereocenters. The van der Waals surface area contributed by atoms with Crippen LogP contribution in [0.2, 0.25) is 0 Å². The third-order valence-electron chi connectivity index (χ3n) is 3.60. The summed E-state index contributed by atoms with van der Waals surface area (Å²) in [4.78, 5) is 36.1. The van der Waals surface area contributed by atoms with Crippen molar-refractivity contribution in [3.8, 4) is 0 Å². The highest BCUT2D eigenvalue weighted by atomic mass is 16.6. The van der Waals surface area contributed by atoms with E-state index in [-0.39, 0.29) is 17.8 Å². The maximum atomic E-state index is 12.6. The molecule has 3 N–H and O–H groups in total. The second-order valence-electron chi connectivity index (χ2n) is 8.67. The average molecular weight is 358 g/mol. The number of hydrogen-bond acceptors (Lipinski definition) is 4. The van der Waals surface area contributed by atoms with Gasteiger partial charge in [0.15, 0.2) is 0 Å². The van der Waals surface area contributed by atoms with Crippen LogP contribution in [0.1, 0.15) is 68.2 Å². The third-order valence-corrected chi connectivity index (χ3v) is 3.60. The van der Waals surface area contributed by atoms with Gasteiger partial charge in [0.25, 0.3) is 0 Å². The standard InChI is InChI=1S/C18H34N2O5/c1-9-11(2)13(20-16(24)25-18(6,7)8)14(21)19-12(15(22)23)10-17(3,4)5/h11-13H,9-10H2,1-8H3,(H,19,21)(H,20,24)(H,22,23)/t11?,12-,13+/m0/s1. The molecule has 0 heterocycles. The minimum atomic E-state index is -1.09. The van der Waals surface area contributed by atoms with Gasteiger partial charge in [-0.1, -0.05) is 41.0 Å². The van der Waals surface area contributed by atoms with Gasteiger partial charge >= 0.3 is 12.1 Å². The maximum Gasteiger partial charge on any atom is 0.408 e. The summed E-state index contributed by atoms with van der Waals surface area (Å²) in [5.41, 5.74) is -0.947. The van der Waals surface area contributed by atoms with E-state index < -0.39 is 35.7 Å². The average Bonchev–Trinajstić information content (AvgIpc) is 2.39. The summed E-state index contributed by atoms with van der Waals surface area (Å²) in [5, 5.41) is 14.5. The lowest BCUT2D eigenvalue weighted by molar-refractivity contribution is -0.143. The predicted molar refractivity (Wildman–Crippen MR) is 96.3 cm³/mol. The van der Waals surface area contributed by atoms with Crippen LogP contribution in [-0.4, -0.2) is 40.8 Å². The minimum Gasteiger partial charge on any atom is -0.480 e. The zero-order chi connectivity index (χ0) is 20.0. The van der Waals surface area contributed by atoms with Crippen LogP contribution >= 0.6 is 0 Å². The predicted octanol–water partition coefficient (Wildman–Crippen LogP) is 2.93. The lowest BCUT2D eigenvalue weighted by atomic mass is 9.87. The molecule has 0 radical (unpaired) electrons. The van der Waals surface area contributed by atoms with Crippen LogP contribution in [0, 0.1) is 11.3 Å². The van der Waals surface area contributed by atoms with Crippen LogP contribution in [-0.2, 0) is 14.3 Å². The first kappa shape index (κ1) is 23.2. The van der Waals surface area contributed by atoms with Crippen molar-refractivity contribution >= 4 is 18.0 Å². The van der Waals surface area contributed by atoms with Crippen molar-refractivity contribution in [2.45, 2.75) is 85.9 Å². The van der Waals surface area contributed by atoms with Gasteiger partial charge in [0.1, 0.15) is 17.7 Å². The van der Waals surface area contributed by atoms with Crippen molar-refractivity contribution in [3.63, 3.8) is 0 Å². The van der Waals surface area contributed by atoms with Gasteiger partial charge in [-0.25, -0.2) is 9.59 Å². The molecule has 0 bridgehead atoms. The number of nitrogens with one attached hydrogen (secondary N) is 2. The summed E-state index contributed by atoms with van der Waals surface area (Å²) in [6.45, 7) is 14.6. The molecule has 25 heavy (non-hydrogen) atoms. The SMILES string of the molecule is CCC(C)[C@@H](NC(=O)OC(C)(C)C)C(=O)N[C@@H](CC(C)(C)C)C(=O)O. The molecule has 0 rings (SSSR count). The number of amides is 2. The Kier molecular flexibility index (Phi) is 8.41. The van der Waals surface area contributed by atoms with E-state index in [4.69, 9.17) is 4.74 Å². The molecule has 0 aliphatic rings. The van der Waals surface area contributed by atoms with E-state index in [1.54, 1.807) is 20.8 Å². The summed E-state index contributed by atoms with van der Waals surface area (Å²) in [6, 6.07) is -1.87. The summed E-state index contributed by atoms with van der Waals surface area (Å²) in [5.74, 6) is -1.78. The van der Waals surface area contributed by atoms with Gasteiger partial charge < -0.3 is 20.5 Å². The second-order valence-corrected chi connectivity index (χ2v) is 8.67. The molecule has 0 spiro atoms. The molecule has 0 saturated carbocycles. The number of alkyl carbamates (subject to hydrolysis) is 1. The number of aliphatic carboxylic acids is 1. The minimum absolute atomic E-state index is 0.170. The molecular weight excluding hydrogens is 324 g/mol. The van der Waals surface area contributed by atoms with E-state index in [0.29, 0.717) is 6.42 Å². The number of carboxylic acids is 1. The molecule has 7 nitrogen and oxygen atoms in total. The molecular formula is C18H34N2O5. The quantitative estimate of drug-likeness (QED) is 0.649. The Morgan fingerprint density at radius 3 is 1.92 bits per heavy atom. The van der Waals surface area contributed by atoms with Gasteiger partial charge in [0, 0.05) is 0 Å². The lowest BCUT2D eigenvalue weighted by Gasteiger charge is -2.29. The van der Waals surface area contributed by atoms with Crippen molar-refractivity contribution in [3.05, 3.63) is 0 Å². The van der Waals surface area contributed by atoms with E-state index in [9.17, 15) is 19.5 Å². The molecule has 2 amide bonds. The van der Waals surface area contributed by atoms with Crippen molar-refractivity contribution in [1.82, 2.24) is 10.6 Å². The summed E-state index contributed by atoms with van der Waals surface area (Å²) in [7, 11) is 0. The van der Waals surface area contributed by atoms with Crippen LogP contribution in [0.4, 0.5) is 4.79 Å². The molecule has 3 atom stereocenters. The van der Waals surface area contributed by atoms with E-state index in [2.05, 4.69) is 10.6 Å². The van der Waals surface area contributed by atoms with Crippen LogP contribution in [0.25, 0.3) is 0 Å². The number of carbonyl (C=O) groups excluding carboxylic acids is 2. The van der Waals surface area contributed by atoms with Gasteiger partial charge in [0.05, 0.1) is 0 Å². The van der Waals surface area contributed by atoms with E-state index >= 15 is 0 Å². The highest BCUT2D eigenvalue weighted by molar-refractivity contribution is 5.89. The third kappa shape index (κ3) is 9.94. The van der Waals surface area contributed by atoms with E-state index in [1.807, 2.05) is 34.6 Å². The number of rotatable bonds is 7. The lowest BCUT2D eigenvalue weighted by Crippen LogP contribution is -2.55. The van der Waals surface area contributed by atoms with Crippen molar-refractivity contribution in [2.75, 3.05) is 0 Å². The zero-order valence-corrected chi connectivity index (χ0v) is 16.7. The fourth-order valence-electron chi connectivity index (χ4n) is 2.21. The van der Waals surface area contributed by atoms with Crippen molar-refractivity contribution in [2.24, 2.45) is 11.3 Å². The Bertz CT molecular complexity index is 477. The largest absolute Gasteiger partial charge is 0.480 e. The van der Waals surface area contributed by atoms with Crippen LogP contribution < -0.4 is 10.6 Å². The number of hydrogen-bond donors (Lipinski definition) is 3. The van der Waals surface area contributed by atoms with Gasteiger partial charge in [-0.15, -0.1) is 0 Å². The summed E-state index contributed by atoms with van der Waals surface area (Å²) in [6.07, 6.45) is 0.231. The van der Waals surface area contributed by atoms with Gasteiger partial charge in [-0.2, -0.15) is 0 Å². The first-order chi connectivity index (χ1) is 11.2. The molecule has 0 aromatic rings. The molecule has 0 aromatic carbocycles. The molecule has 7 heteroatoms. The highest BCUT2D eigenvalue weighted by Gasteiger charge is 2.32. The normalized spacial score (nSPS) is 15.7. The van der Waals surface area contributed by atoms with E-state index in [0.717, 1.165) is 0 Å². The van der Waals surface area contributed by atoms with E-state index in [1.165, 1.54) is 0 Å². The highest BCUT2D eigenvalue weighted by Crippen LogP contribution is 2.21.